The number of ether oxygens (including phenoxy) is 3. The van der Waals surface area contributed by atoms with Gasteiger partial charge >= 0.3 is 11.9 Å². The lowest BCUT2D eigenvalue weighted by atomic mass is 10.2. The third-order valence-electron chi connectivity index (χ3n) is 3.93. The molecule has 0 fully saturated rings. The third-order valence-corrected chi connectivity index (χ3v) is 3.93. The van der Waals surface area contributed by atoms with Gasteiger partial charge in [0.2, 0.25) is 0 Å². The summed E-state index contributed by atoms with van der Waals surface area (Å²) in [6.07, 6.45) is 2.91. The Morgan fingerprint density at radius 1 is 0.559 bits per heavy atom. The van der Waals surface area contributed by atoms with Crippen molar-refractivity contribution in [2.24, 2.45) is 0 Å². The van der Waals surface area contributed by atoms with Gasteiger partial charge in [-0.2, -0.15) is 0 Å². The molecule has 12 heteroatoms. The molecular formula is C22H46O12. The predicted molar refractivity (Wildman–Crippen MR) is 124 cm³/mol. The number of carboxylic acids is 2. The summed E-state index contributed by atoms with van der Waals surface area (Å²) in [5.41, 5.74) is 0. The van der Waals surface area contributed by atoms with E-state index in [0.717, 1.165) is 91.0 Å². The molecule has 206 valence electrons. The van der Waals surface area contributed by atoms with Crippen molar-refractivity contribution in [3.63, 3.8) is 0 Å². The van der Waals surface area contributed by atoms with Crippen LogP contribution in [0.15, 0.2) is 0 Å². The monoisotopic (exact) mass is 502 g/mol. The van der Waals surface area contributed by atoms with E-state index < -0.39 is 24.1 Å². The van der Waals surface area contributed by atoms with Gasteiger partial charge in [0.15, 0.2) is 12.2 Å². The molecule has 0 aromatic heterocycles. The highest BCUT2D eigenvalue weighted by Gasteiger charge is 2.29. The summed E-state index contributed by atoms with van der Waals surface area (Å²) in [6, 6.07) is 0. The van der Waals surface area contributed by atoms with Crippen LogP contribution in [0.1, 0.15) is 58.3 Å². The lowest BCUT2D eigenvalue weighted by molar-refractivity contribution is -0.165. The molecule has 0 aliphatic carbocycles. The van der Waals surface area contributed by atoms with Crippen molar-refractivity contribution in [1.82, 2.24) is 0 Å². The molecule has 2 unspecified atom stereocenters. The molecular weight excluding hydrogens is 456 g/mol. The lowest BCUT2D eigenvalue weighted by Gasteiger charge is -2.07. The van der Waals surface area contributed by atoms with Crippen LogP contribution in [0.5, 0.6) is 0 Å². The van der Waals surface area contributed by atoms with Crippen molar-refractivity contribution in [2.75, 3.05) is 59.5 Å². The van der Waals surface area contributed by atoms with Gasteiger partial charge in [-0.3, -0.25) is 0 Å². The van der Waals surface area contributed by atoms with Crippen LogP contribution < -0.4 is 0 Å². The van der Waals surface area contributed by atoms with Crippen molar-refractivity contribution >= 4 is 11.9 Å². The van der Waals surface area contributed by atoms with Gasteiger partial charge in [0.25, 0.3) is 0 Å². The Morgan fingerprint density at radius 3 is 1.06 bits per heavy atom. The number of aliphatic hydroxyl groups excluding tert-OH is 5. The second kappa shape index (κ2) is 31.6. The van der Waals surface area contributed by atoms with Gasteiger partial charge in [-0.1, -0.05) is 0 Å². The zero-order chi connectivity index (χ0) is 26.5. The van der Waals surface area contributed by atoms with E-state index in [2.05, 4.69) is 0 Å². The van der Waals surface area contributed by atoms with Crippen molar-refractivity contribution < 1.29 is 59.5 Å². The van der Waals surface area contributed by atoms with Crippen LogP contribution in [-0.4, -0.2) is 119 Å². The molecule has 12 nitrogen and oxygen atoms in total. The summed E-state index contributed by atoms with van der Waals surface area (Å²) in [4.78, 5) is 19.5. The summed E-state index contributed by atoms with van der Waals surface area (Å²) in [5, 5.41) is 57.9. The molecule has 0 heterocycles. The molecule has 0 spiro atoms. The van der Waals surface area contributed by atoms with E-state index in [1.807, 2.05) is 6.92 Å². The molecule has 0 amide bonds. The molecule has 0 saturated heterocycles. The maximum absolute atomic E-state index is 9.77. The molecule has 7 N–H and O–H groups in total. The molecule has 2 atom stereocenters. The standard InChI is InChI=1S/C10H22O3.C8H18O3.C4H6O6/c1-2-12-8-5-6-10-13-9-4-3-7-11;9-5-1-3-7-11-8-4-2-6-10;5-1(3(7)8)2(6)4(9)10/h11H,2-10H2,1H3;9-10H,1-8H2;1-2,5-6H,(H,7,8)(H,9,10). The molecule has 0 aliphatic rings. The van der Waals surface area contributed by atoms with E-state index in [4.69, 9.17) is 50.0 Å². The highest BCUT2D eigenvalue weighted by Crippen LogP contribution is 1.95. The maximum Gasteiger partial charge on any atom is 0.335 e. The van der Waals surface area contributed by atoms with Crippen molar-refractivity contribution in [3.8, 4) is 0 Å². The maximum atomic E-state index is 9.77. The zero-order valence-corrected chi connectivity index (χ0v) is 20.3. The molecule has 34 heavy (non-hydrogen) atoms. The van der Waals surface area contributed by atoms with Gasteiger partial charge in [-0.25, -0.2) is 9.59 Å². The van der Waals surface area contributed by atoms with E-state index in [1.54, 1.807) is 0 Å². The number of carbonyl (C=O) groups is 2. The number of hydrogen-bond acceptors (Lipinski definition) is 10. The van der Waals surface area contributed by atoms with E-state index in [1.165, 1.54) is 0 Å². The summed E-state index contributed by atoms with van der Waals surface area (Å²) in [7, 11) is 0. The summed E-state index contributed by atoms with van der Waals surface area (Å²) >= 11 is 0. The average molecular weight is 503 g/mol. The lowest BCUT2D eigenvalue weighted by Crippen LogP contribution is -2.39. The Kier molecular flexibility index (Phi) is 34.6. The Labute approximate surface area is 202 Å². The molecule has 0 radical (unpaired) electrons. The second-order valence-corrected chi connectivity index (χ2v) is 6.99. The van der Waals surface area contributed by atoms with E-state index in [0.29, 0.717) is 0 Å². The fourth-order valence-corrected chi connectivity index (χ4v) is 1.97. The number of unbranched alkanes of at least 4 members (excludes halogenated alkanes) is 4. The fraction of sp³-hybridized carbons (Fsp3) is 0.909. The van der Waals surface area contributed by atoms with Gasteiger partial charge < -0.3 is 50.0 Å². The van der Waals surface area contributed by atoms with Crippen LogP contribution in [-0.2, 0) is 23.8 Å². The molecule has 0 saturated carbocycles. The topological polar surface area (TPSA) is 203 Å². The zero-order valence-electron chi connectivity index (χ0n) is 20.3. The first-order valence-corrected chi connectivity index (χ1v) is 11.7. The first kappa shape index (κ1) is 37.2. The van der Waals surface area contributed by atoms with Crippen LogP contribution in [0, 0.1) is 0 Å². The van der Waals surface area contributed by atoms with Crippen LogP contribution in [0.4, 0.5) is 0 Å². The highest BCUT2D eigenvalue weighted by atomic mass is 16.5. The van der Waals surface area contributed by atoms with Gasteiger partial charge in [0, 0.05) is 59.5 Å². The molecule has 0 rings (SSSR count). The van der Waals surface area contributed by atoms with Crippen molar-refractivity contribution in [1.29, 1.82) is 0 Å². The Bertz CT molecular complexity index is 387. The quantitative estimate of drug-likeness (QED) is 0.104. The first-order valence-electron chi connectivity index (χ1n) is 11.7. The van der Waals surface area contributed by atoms with E-state index in [9.17, 15) is 9.59 Å². The van der Waals surface area contributed by atoms with Gasteiger partial charge in [0.05, 0.1) is 0 Å². The number of hydrogen-bond donors (Lipinski definition) is 7. The van der Waals surface area contributed by atoms with Gasteiger partial charge in [0.1, 0.15) is 0 Å². The minimum atomic E-state index is -2.27. The van der Waals surface area contributed by atoms with Crippen LogP contribution >= 0.6 is 0 Å². The molecule has 0 aromatic carbocycles. The van der Waals surface area contributed by atoms with Crippen LogP contribution in [0.3, 0.4) is 0 Å². The molecule has 0 aliphatic heterocycles. The van der Waals surface area contributed by atoms with Crippen LogP contribution in [0.2, 0.25) is 0 Å². The fourth-order valence-electron chi connectivity index (χ4n) is 1.97. The predicted octanol–water partition coefficient (Wildman–Crippen LogP) is 0.0176. The largest absolute Gasteiger partial charge is 0.479 e. The first-order chi connectivity index (χ1) is 16.3. The second-order valence-electron chi connectivity index (χ2n) is 6.99. The van der Waals surface area contributed by atoms with Crippen LogP contribution in [0.25, 0.3) is 0 Å². The average Bonchev–Trinajstić information content (AvgIpc) is 2.82. The highest BCUT2D eigenvalue weighted by molar-refractivity contribution is 5.83. The summed E-state index contributed by atoms with van der Waals surface area (Å²) in [5.74, 6) is -3.54. The van der Waals surface area contributed by atoms with Gasteiger partial charge in [-0.05, 0) is 58.3 Å². The number of aliphatic carboxylic acids is 2. The summed E-state index contributed by atoms with van der Waals surface area (Å²) < 4.78 is 15.8. The van der Waals surface area contributed by atoms with Gasteiger partial charge in [-0.15, -0.1) is 0 Å². The minimum absolute atomic E-state index is 0.250. The van der Waals surface area contributed by atoms with Crippen molar-refractivity contribution in [3.05, 3.63) is 0 Å². The number of carboxylic acid groups (broad SMARTS) is 2. The minimum Gasteiger partial charge on any atom is -0.479 e. The Morgan fingerprint density at radius 2 is 0.824 bits per heavy atom. The summed E-state index contributed by atoms with van der Waals surface area (Å²) in [6.45, 7) is 7.47. The normalized spacial score (nSPS) is 12.1. The van der Waals surface area contributed by atoms with E-state index >= 15 is 0 Å². The van der Waals surface area contributed by atoms with Crippen molar-refractivity contribution in [2.45, 2.75) is 70.5 Å². The smallest absolute Gasteiger partial charge is 0.335 e. The molecule has 0 bridgehead atoms. The number of rotatable bonds is 21. The third kappa shape index (κ3) is 32.8. The Balaban J connectivity index is -0.000000428. The SMILES string of the molecule is CCOCCCCOCCCCO.O=C(O)C(O)C(O)C(=O)O.OCCCCOCCCCO. The Hall–Kier alpha value is -1.38. The van der Waals surface area contributed by atoms with E-state index in [-0.39, 0.29) is 19.8 Å². The number of aliphatic hydroxyl groups is 5. The molecule has 0 aromatic rings.